The fraction of sp³-hybridized carbons (Fsp3) is 0.700. The molecule has 0 bridgehead atoms. The lowest BCUT2D eigenvalue weighted by Crippen LogP contribution is -2.17. The highest BCUT2D eigenvalue weighted by atomic mass is 32.1. The van der Waals surface area contributed by atoms with Gasteiger partial charge in [-0.25, -0.2) is 4.98 Å². The van der Waals surface area contributed by atoms with Crippen molar-refractivity contribution in [1.82, 2.24) is 9.88 Å². The van der Waals surface area contributed by atoms with Crippen molar-refractivity contribution in [2.45, 2.75) is 32.7 Å². The van der Waals surface area contributed by atoms with E-state index in [1.54, 1.807) is 0 Å². The Morgan fingerprint density at radius 2 is 2.23 bits per heavy atom. The van der Waals surface area contributed by atoms with Crippen LogP contribution in [0.2, 0.25) is 0 Å². The predicted octanol–water partition coefficient (Wildman–Crippen LogP) is 2.30. The van der Waals surface area contributed by atoms with E-state index in [2.05, 4.69) is 16.8 Å². The molecule has 1 aromatic heterocycles. The van der Waals surface area contributed by atoms with Gasteiger partial charge in [-0.1, -0.05) is 6.92 Å². The molecule has 1 fully saturated rings. The van der Waals surface area contributed by atoms with Crippen LogP contribution in [0, 0.1) is 0 Å². The SMILES string of the molecule is CCc1ncc(CN2CCCC2)s1. The van der Waals surface area contributed by atoms with Gasteiger partial charge >= 0.3 is 0 Å². The Balaban J connectivity index is 1.92. The highest BCUT2D eigenvalue weighted by Gasteiger charge is 2.12. The normalized spacial score (nSPS) is 18.2. The van der Waals surface area contributed by atoms with E-state index in [0.717, 1.165) is 13.0 Å². The van der Waals surface area contributed by atoms with E-state index >= 15 is 0 Å². The van der Waals surface area contributed by atoms with Crippen molar-refractivity contribution in [3.05, 3.63) is 16.1 Å². The van der Waals surface area contributed by atoms with E-state index in [9.17, 15) is 0 Å². The Labute approximate surface area is 83.6 Å². The molecule has 1 aromatic rings. The molecule has 13 heavy (non-hydrogen) atoms. The van der Waals surface area contributed by atoms with E-state index in [1.807, 2.05) is 17.5 Å². The van der Waals surface area contributed by atoms with Crippen molar-refractivity contribution in [3.63, 3.8) is 0 Å². The van der Waals surface area contributed by atoms with E-state index < -0.39 is 0 Å². The predicted molar refractivity (Wildman–Crippen MR) is 56.0 cm³/mol. The Morgan fingerprint density at radius 3 is 2.85 bits per heavy atom. The summed E-state index contributed by atoms with van der Waals surface area (Å²) in [5.41, 5.74) is 0. The molecule has 72 valence electrons. The summed E-state index contributed by atoms with van der Waals surface area (Å²) in [5, 5.41) is 1.27. The fourth-order valence-electron chi connectivity index (χ4n) is 1.75. The monoisotopic (exact) mass is 196 g/mol. The van der Waals surface area contributed by atoms with Gasteiger partial charge in [0.2, 0.25) is 0 Å². The first-order valence-electron chi connectivity index (χ1n) is 5.04. The summed E-state index contributed by atoms with van der Waals surface area (Å²) >= 11 is 1.87. The molecular weight excluding hydrogens is 180 g/mol. The van der Waals surface area contributed by atoms with Crippen LogP contribution in [0.15, 0.2) is 6.20 Å². The standard InChI is InChI=1S/C10H16N2S/c1-2-10-11-7-9(13-10)8-12-5-3-4-6-12/h7H,2-6,8H2,1H3. The van der Waals surface area contributed by atoms with Gasteiger partial charge in [-0.2, -0.15) is 0 Å². The zero-order chi connectivity index (χ0) is 9.10. The summed E-state index contributed by atoms with van der Waals surface area (Å²) in [6.07, 6.45) is 5.87. The maximum Gasteiger partial charge on any atom is 0.0925 e. The van der Waals surface area contributed by atoms with Crippen molar-refractivity contribution in [2.24, 2.45) is 0 Å². The van der Waals surface area contributed by atoms with Crippen LogP contribution >= 0.6 is 11.3 Å². The van der Waals surface area contributed by atoms with E-state index in [1.165, 1.54) is 35.8 Å². The Bertz CT molecular complexity index is 264. The largest absolute Gasteiger partial charge is 0.298 e. The lowest BCUT2D eigenvalue weighted by molar-refractivity contribution is 0.334. The van der Waals surface area contributed by atoms with E-state index in [-0.39, 0.29) is 0 Å². The molecule has 0 aromatic carbocycles. The first kappa shape index (κ1) is 9.16. The van der Waals surface area contributed by atoms with Crippen molar-refractivity contribution in [2.75, 3.05) is 13.1 Å². The molecule has 0 amide bonds. The molecule has 0 aliphatic carbocycles. The van der Waals surface area contributed by atoms with Crippen LogP contribution in [-0.2, 0) is 13.0 Å². The minimum atomic E-state index is 1.07. The van der Waals surface area contributed by atoms with Gasteiger partial charge in [0.1, 0.15) is 0 Å². The number of likely N-dealkylation sites (tertiary alicyclic amines) is 1. The molecule has 2 heterocycles. The van der Waals surface area contributed by atoms with Crippen molar-refractivity contribution in [1.29, 1.82) is 0 Å². The summed E-state index contributed by atoms with van der Waals surface area (Å²) < 4.78 is 0. The van der Waals surface area contributed by atoms with Gasteiger partial charge in [0.25, 0.3) is 0 Å². The molecule has 0 spiro atoms. The summed E-state index contributed by atoms with van der Waals surface area (Å²) in [7, 11) is 0. The van der Waals surface area contributed by atoms with Crippen LogP contribution in [0.1, 0.15) is 29.7 Å². The van der Waals surface area contributed by atoms with Crippen LogP contribution < -0.4 is 0 Å². The zero-order valence-corrected chi connectivity index (χ0v) is 8.94. The number of hydrogen-bond acceptors (Lipinski definition) is 3. The third-order valence-electron chi connectivity index (χ3n) is 2.48. The number of nitrogens with zero attached hydrogens (tertiary/aromatic N) is 2. The highest BCUT2D eigenvalue weighted by molar-refractivity contribution is 7.11. The molecular formula is C10H16N2S. The first-order valence-corrected chi connectivity index (χ1v) is 5.86. The molecule has 1 aliphatic heterocycles. The second-order valence-corrected chi connectivity index (χ2v) is 4.76. The third kappa shape index (κ3) is 2.29. The topological polar surface area (TPSA) is 16.1 Å². The van der Waals surface area contributed by atoms with Crippen molar-refractivity contribution >= 4 is 11.3 Å². The number of aryl methyl sites for hydroxylation is 1. The second kappa shape index (κ2) is 4.20. The quantitative estimate of drug-likeness (QED) is 0.737. The smallest absolute Gasteiger partial charge is 0.0925 e. The Kier molecular flexibility index (Phi) is 2.96. The van der Waals surface area contributed by atoms with Gasteiger partial charge in [0.15, 0.2) is 0 Å². The molecule has 1 aliphatic rings. The maximum absolute atomic E-state index is 4.37. The van der Waals surface area contributed by atoms with E-state index in [0.29, 0.717) is 0 Å². The van der Waals surface area contributed by atoms with Crippen LogP contribution in [0.5, 0.6) is 0 Å². The number of aromatic nitrogens is 1. The van der Waals surface area contributed by atoms with Gasteiger partial charge in [-0.3, -0.25) is 4.90 Å². The average Bonchev–Trinajstić information content (AvgIpc) is 2.76. The number of hydrogen-bond donors (Lipinski definition) is 0. The van der Waals surface area contributed by atoms with Crippen LogP contribution in [0.4, 0.5) is 0 Å². The molecule has 0 unspecified atom stereocenters. The van der Waals surface area contributed by atoms with Gasteiger partial charge in [0.05, 0.1) is 5.01 Å². The van der Waals surface area contributed by atoms with Gasteiger partial charge < -0.3 is 0 Å². The van der Waals surface area contributed by atoms with Crippen LogP contribution in [0.25, 0.3) is 0 Å². The Hall–Kier alpha value is -0.410. The molecule has 0 saturated carbocycles. The average molecular weight is 196 g/mol. The summed E-state index contributed by atoms with van der Waals surface area (Å²) in [6, 6.07) is 0. The summed E-state index contributed by atoms with van der Waals surface area (Å²) in [4.78, 5) is 8.32. The highest BCUT2D eigenvalue weighted by Crippen LogP contribution is 2.18. The molecule has 3 heteroatoms. The lowest BCUT2D eigenvalue weighted by Gasteiger charge is -2.11. The van der Waals surface area contributed by atoms with Crippen molar-refractivity contribution < 1.29 is 0 Å². The third-order valence-corrected chi connectivity index (χ3v) is 3.61. The summed E-state index contributed by atoms with van der Waals surface area (Å²) in [5.74, 6) is 0. The number of rotatable bonds is 3. The van der Waals surface area contributed by atoms with Gasteiger partial charge in [0, 0.05) is 17.6 Å². The number of thiazole rings is 1. The van der Waals surface area contributed by atoms with Crippen LogP contribution in [0.3, 0.4) is 0 Å². The van der Waals surface area contributed by atoms with Crippen molar-refractivity contribution in [3.8, 4) is 0 Å². The second-order valence-electron chi connectivity index (χ2n) is 3.56. The minimum absolute atomic E-state index is 1.07. The molecule has 0 N–H and O–H groups in total. The summed E-state index contributed by atoms with van der Waals surface area (Å²) in [6.45, 7) is 5.84. The van der Waals surface area contributed by atoms with E-state index in [4.69, 9.17) is 0 Å². The zero-order valence-electron chi connectivity index (χ0n) is 8.12. The Morgan fingerprint density at radius 1 is 1.46 bits per heavy atom. The maximum atomic E-state index is 4.37. The molecule has 1 saturated heterocycles. The molecule has 0 radical (unpaired) electrons. The van der Waals surface area contributed by atoms with Crippen LogP contribution in [-0.4, -0.2) is 23.0 Å². The lowest BCUT2D eigenvalue weighted by atomic mass is 10.4. The molecule has 2 rings (SSSR count). The molecule has 2 nitrogen and oxygen atoms in total. The molecule has 0 atom stereocenters. The fourth-order valence-corrected chi connectivity index (χ4v) is 2.65. The van der Waals surface area contributed by atoms with Gasteiger partial charge in [-0.15, -0.1) is 11.3 Å². The van der Waals surface area contributed by atoms with Gasteiger partial charge in [-0.05, 0) is 32.4 Å². The first-order chi connectivity index (χ1) is 6.38. The minimum Gasteiger partial charge on any atom is -0.298 e.